The van der Waals surface area contributed by atoms with Gasteiger partial charge in [0.1, 0.15) is 6.26 Å². The third-order valence-corrected chi connectivity index (χ3v) is 3.69. The van der Waals surface area contributed by atoms with Gasteiger partial charge in [-0.1, -0.05) is 0 Å². The van der Waals surface area contributed by atoms with Crippen LogP contribution in [-0.2, 0) is 19.8 Å². The molecule has 0 aliphatic heterocycles. The number of hydrogen-bond acceptors (Lipinski definition) is 5. The van der Waals surface area contributed by atoms with E-state index < -0.39 is 7.60 Å². The first kappa shape index (κ1) is 12.4. The van der Waals surface area contributed by atoms with Gasteiger partial charge in [0.05, 0.1) is 25.1 Å². The zero-order chi connectivity index (χ0) is 11.3. The Kier molecular flexibility index (Phi) is 4.51. The van der Waals surface area contributed by atoms with Crippen molar-refractivity contribution in [3.63, 3.8) is 0 Å². The van der Waals surface area contributed by atoms with E-state index >= 15 is 0 Å². The van der Waals surface area contributed by atoms with E-state index in [2.05, 4.69) is 4.98 Å². The highest BCUT2D eigenvalue weighted by atomic mass is 31.2. The maximum Gasteiger partial charge on any atom is 0.336 e. The maximum absolute atomic E-state index is 12.1. The lowest BCUT2D eigenvalue weighted by atomic mass is 10.6. The van der Waals surface area contributed by atoms with E-state index in [0.29, 0.717) is 24.8 Å². The molecule has 0 bridgehead atoms. The predicted molar refractivity (Wildman–Crippen MR) is 55.8 cm³/mol. The van der Waals surface area contributed by atoms with Crippen molar-refractivity contribution in [1.29, 1.82) is 0 Å². The summed E-state index contributed by atoms with van der Waals surface area (Å²) in [5.74, 6) is 0.546. The predicted octanol–water partition coefficient (Wildman–Crippen LogP) is 2.75. The molecule has 0 saturated carbocycles. The second kappa shape index (κ2) is 5.45. The van der Waals surface area contributed by atoms with Crippen molar-refractivity contribution >= 4 is 7.60 Å². The molecule has 0 fully saturated rings. The standard InChI is InChI=1S/C9H16NO4P/c1-4-13-15(11,14-5-2)7-9-6-12-8(3)10-9/h6H,4-5,7H2,1-3H3. The van der Waals surface area contributed by atoms with E-state index in [0.717, 1.165) is 0 Å². The second-order valence-electron chi connectivity index (χ2n) is 2.96. The Morgan fingerprint density at radius 1 is 1.40 bits per heavy atom. The summed E-state index contributed by atoms with van der Waals surface area (Å²) in [4.78, 5) is 4.06. The highest BCUT2D eigenvalue weighted by molar-refractivity contribution is 7.53. The lowest BCUT2D eigenvalue weighted by Gasteiger charge is -2.15. The first-order valence-corrected chi connectivity index (χ1v) is 6.61. The average Bonchev–Trinajstić information content (AvgIpc) is 2.51. The van der Waals surface area contributed by atoms with Gasteiger partial charge in [-0.05, 0) is 13.8 Å². The summed E-state index contributed by atoms with van der Waals surface area (Å²) in [5, 5.41) is 0. The van der Waals surface area contributed by atoms with Crippen molar-refractivity contribution in [1.82, 2.24) is 4.98 Å². The molecule has 0 atom stereocenters. The van der Waals surface area contributed by atoms with E-state index in [1.807, 2.05) is 0 Å². The lowest BCUT2D eigenvalue weighted by molar-refractivity contribution is 0.219. The summed E-state index contributed by atoms with van der Waals surface area (Å²) in [7, 11) is -3.05. The van der Waals surface area contributed by atoms with Crippen LogP contribution in [0.15, 0.2) is 10.7 Å². The largest absolute Gasteiger partial charge is 0.449 e. The normalized spacial score (nSPS) is 11.9. The average molecular weight is 233 g/mol. The van der Waals surface area contributed by atoms with Crippen molar-refractivity contribution < 1.29 is 18.0 Å². The SMILES string of the molecule is CCOP(=O)(Cc1coc(C)n1)OCC. The lowest BCUT2D eigenvalue weighted by Crippen LogP contribution is -1.99. The molecule has 0 aliphatic carbocycles. The number of hydrogen-bond donors (Lipinski definition) is 0. The Balaban J connectivity index is 2.70. The van der Waals surface area contributed by atoms with E-state index in [1.165, 1.54) is 6.26 Å². The molecule has 0 unspecified atom stereocenters. The summed E-state index contributed by atoms with van der Waals surface area (Å²) >= 11 is 0. The Bertz CT molecular complexity index is 340. The van der Waals surface area contributed by atoms with Crippen LogP contribution in [0.3, 0.4) is 0 Å². The molecule has 5 nitrogen and oxygen atoms in total. The van der Waals surface area contributed by atoms with Gasteiger partial charge in [-0.2, -0.15) is 0 Å². The van der Waals surface area contributed by atoms with Crippen molar-refractivity contribution in [2.24, 2.45) is 0 Å². The maximum atomic E-state index is 12.1. The number of aromatic nitrogens is 1. The zero-order valence-corrected chi connectivity index (χ0v) is 10.1. The number of aryl methyl sites for hydroxylation is 1. The summed E-state index contributed by atoms with van der Waals surface area (Å²) in [6.07, 6.45) is 1.63. The molecular weight excluding hydrogens is 217 g/mol. The molecule has 0 saturated heterocycles. The molecule has 0 aliphatic rings. The van der Waals surface area contributed by atoms with Gasteiger partial charge >= 0.3 is 7.60 Å². The smallest absolute Gasteiger partial charge is 0.336 e. The van der Waals surface area contributed by atoms with Crippen LogP contribution in [0.25, 0.3) is 0 Å². The van der Waals surface area contributed by atoms with Gasteiger partial charge in [-0.25, -0.2) is 4.98 Å². The van der Waals surface area contributed by atoms with Crippen LogP contribution in [0.1, 0.15) is 25.4 Å². The van der Waals surface area contributed by atoms with Gasteiger partial charge in [-0.3, -0.25) is 4.57 Å². The Morgan fingerprint density at radius 2 is 2.00 bits per heavy atom. The van der Waals surface area contributed by atoms with Gasteiger partial charge in [0, 0.05) is 6.92 Å². The van der Waals surface area contributed by atoms with Gasteiger partial charge in [0.2, 0.25) is 0 Å². The summed E-state index contributed by atoms with van der Waals surface area (Å²) in [5.41, 5.74) is 0.595. The van der Waals surface area contributed by atoms with Gasteiger partial charge in [-0.15, -0.1) is 0 Å². The van der Waals surface area contributed by atoms with Crippen molar-refractivity contribution in [2.75, 3.05) is 13.2 Å². The topological polar surface area (TPSA) is 61.6 Å². The molecule has 1 aromatic rings. The highest BCUT2D eigenvalue weighted by Crippen LogP contribution is 2.50. The van der Waals surface area contributed by atoms with Crippen molar-refractivity contribution in [3.8, 4) is 0 Å². The molecule has 0 amide bonds. The molecule has 0 aromatic carbocycles. The molecule has 1 heterocycles. The fraction of sp³-hybridized carbons (Fsp3) is 0.667. The second-order valence-corrected chi connectivity index (χ2v) is 5.02. The number of oxazole rings is 1. The monoisotopic (exact) mass is 233 g/mol. The van der Waals surface area contributed by atoms with E-state index in [1.54, 1.807) is 20.8 Å². The molecule has 1 aromatic heterocycles. The molecule has 1 rings (SSSR count). The minimum atomic E-state index is -3.05. The fourth-order valence-corrected chi connectivity index (χ4v) is 2.79. The summed E-state index contributed by atoms with van der Waals surface area (Å²) in [6, 6.07) is 0. The molecule has 0 radical (unpaired) electrons. The summed E-state index contributed by atoms with van der Waals surface area (Å²) < 4.78 is 27.4. The van der Waals surface area contributed by atoms with Crippen molar-refractivity contribution in [2.45, 2.75) is 26.9 Å². The molecule has 0 spiro atoms. The van der Waals surface area contributed by atoms with Gasteiger partial charge in [0.25, 0.3) is 0 Å². The van der Waals surface area contributed by atoms with Gasteiger partial charge < -0.3 is 13.5 Å². The van der Waals surface area contributed by atoms with Crippen molar-refractivity contribution in [3.05, 3.63) is 17.8 Å². The first-order chi connectivity index (χ1) is 7.09. The van der Waals surface area contributed by atoms with Crippen LogP contribution in [0.4, 0.5) is 0 Å². The fourth-order valence-electron chi connectivity index (χ4n) is 1.20. The highest BCUT2D eigenvalue weighted by Gasteiger charge is 2.25. The minimum absolute atomic E-state index is 0.159. The Morgan fingerprint density at radius 3 is 2.40 bits per heavy atom. The molecular formula is C9H16NO4P. The summed E-state index contributed by atoms with van der Waals surface area (Å²) in [6.45, 7) is 6.00. The first-order valence-electron chi connectivity index (χ1n) is 4.88. The Hall–Kier alpha value is -0.640. The van der Waals surface area contributed by atoms with Crippen LogP contribution in [0, 0.1) is 6.92 Å². The van der Waals surface area contributed by atoms with Crippen LogP contribution >= 0.6 is 7.60 Å². The number of rotatable bonds is 6. The molecule has 15 heavy (non-hydrogen) atoms. The van der Waals surface area contributed by atoms with E-state index in [4.69, 9.17) is 13.5 Å². The quantitative estimate of drug-likeness (QED) is 0.707. The third-order valence-electron chi connectivity index (χ3n) is 1.67. The van der Waals surface area contributed by atoms with Gasteiger partial charge in [0.15, 0.2) is 5.89 Å². The van der Waals surface area contributed by atoms with Crippen LogP contribution < -0.4 is 0 Å². The third kappa shape index (κ3) is 3.78. The van der Waals surface area contributed by atoms with Crippen LogP contribution in [0.5, 0.6) is 0 Å². The molecule has 0 N–H and O–H groups in total. The van der Waals surface area contributed by atoms with Crippen LogP contribution in [0.2, 0.25) is 0 Å². The minimum Gasteiger partial charge on any atom is -0.449 e. The molecule has 6 heteroatoms. The number of nitrogens with zero attached hydrogens (tertiary/aromatic N) is 1. The van der Waals surface area contributed by atoms with E-state index in [-0.39, 0.29) is 6.16 Å². The zero-order valence-electron chi connectivity index (χ0n) is 9.23. The Labute approximate surface area is 89.3 Å². The van der Waals surface area contributed by atoms with E-state index in [9.17, 15) is 4.57 Å². The molecule has 86 valence electrons. The van der Waals surface area contributed by atoms with Crippen LogP contribution in [-0.4, -0.2) is 18.2 Å².